The molecule has 0 spiro atoms. The van der Waals surface area contributed by atoms with Gasteiger partial charge >= 0.3 is 11.9 Å². The number of rotatable bonds is 8. The molecule has 0 aromatic heterocycles. The molecule has 0 aliphatic carbocycles. The van der Waals surface area contributed by atoms with Gasteiger partial charge in [-0.2, -0.15) is 0 Å². The van der Waals surface area contributed by atoms with Crippen LogP contribution in [0.25, 0.3) is 0 Å². The molecule has 114 valence electrons. The lowest BCUT2D eigenvalue weighted by Crippen LogP contribution is -2.15. The molecule has 1 rings (SSSR count). The SMILES string of the molecule is CCC=C(CCC)C(=O)OCCOC(=O)c1ccccc1. The first-order valence-corrected chi connectivity index (χ1v) is 7.27. The van der Waals surface area contributed by atoms with Crippen molar-refractivity contribution in [1.29, 1.82) is 0 Å². The fraction of sp³-hybridized carbons (Fsp3) is 0.412. The van der Waals surface area contributed by atoms with Crippen molar-refractivity contribution in [3.63, 3.8) is 0 Å². The van der Waals surface area contributed by atoms with E-state index >= 15 is 0 Å². The maximum Gasteiger partial charge on any atom is 0.338 e. The van der Waals surface area contributed by atoms with Crippen molar-refractivity contribution in [2.45, 2.75) is 33.1 Å². The molecule has 0 fully saturated rings. The van der Waals surface area contributed by atoms with Crippen molar-refractivity contribution in [1.82, 2.24) is 0 Å². The average molecular weight is 290 g/mol. The normalized spacial score (nSPS) is 11.0. The van der Waals surface area contributed by atoms with Crippen molar-refractivity contribution in [2.24, 2.45) is 0 Å². The highest BCUT2D eigenvalue weighted by Gasteiger charge is 2.10. The second-order valence-corrected chi connectivity index (χ2v) is 4.53. The quantitative estimate of drug-likeness (QED) is 0.417. The van der Waals surface area contributed by atoms with Crippen molar-refractivity contribution >= 4 is 11.9 Å². The fourth-order valence-electron chi connectivity index (χ4n) is 1.82. The number of hydrogen-bond acceptors (Lipinski definition) is 4. The number of benzene rings is 1. The first-order valence-electron chi connectivity index (χ1n) is 7.27. The number of carbonyl (C=O) groups is 2. The summed E-state index contributed by atoms with van der Waals surface area (Å²) in [5.41, 5.74) is 1.18. The molecule has 0 unspecified atom stereocenters. The lowest BCUT2D eigenvalue weighted by molar-refractivity contribution is -0.140. The van der Waals surface area contributed by atoms with E-state index in [4.69, 9.17) is 9.47 Å². The zero-order valence-electron chi connectivity index (χ0n) is 12.6. The summed E-state index contributed by atoms with van der Waals surface area (Å²) < 4.78 is 10.2. The maximum absolute atomic E-state index is 11.8. The molecule has 0 N–H and O–H groups in total. The maximum atomic E-state index is 11.8. The molecule has 0 bridgehead atoms. The zero-order valence-corrected chi connectivity index (χ0v) is 12.6. The summed E-state index contributed by atoms with van der Waals surface area (Å²) >= 11 is 0. The summed E-state index contributed by atoms with van der Waals surface area (Å²) in [5, 5.41) is 0. The van der Waals surface area contributed by atoms with E-state index in [1.165, 1.54) is 0 Å². The van der Waals surface area contributed by atoms with Crippen molar-refractivity contribution in [2.75, 3.05) is 13.2 Å². The molecule has 0 amide bonds. The second kappa shape index (κ2) is 9.75. The molecular formula is C17H22O4. The standard InChI is InChI=1S/C17H22O4/c1-3-8-14(9-4-2)16(18)20-12-13-21-17(19)15-10-6-5-7-11-15/h5-8,10-11H,3-4,9,12-13H2,1-2H3. The molecular weight excluding hydrogens is 268 g/mol. The summed E-state index contributed by atoms with van der Waals surface area (Å²) in [5.74, 6) is -0.737. The predicted octanol–water partition coefficient (Wildman–Crippen LogP) is 3.52. The Morgan fingerprint density at radius 1 is 1.05 bits per heavy atom. The fourth-order valence-corrected chi connectivity index (χ4v) is 1.82. The summed E-state index contributed by atoms with van der Waals surface area (Å²) in [6, 6.07) is 8.72. The molecule has 0 radical (unpaired) electrons. The van der Waals surface area contributed by atoms with Crippen LogP contribution in [0.15, 0.2) is 42.0 Å². The number of esters is 2. The van der Waals surface area contributed by atoms with Crippen molar-refractivity contribution in [3.05, 3.63) is 47.5 Å². The van der Waals surface area contributed by atoms with Gasteiger partial charge in [0.05, 0.1) is 5.56 Å². The van der Waals surface area contributed by atoms with E-state index in [0.29, 0.717) is 17.6 Å². The first-order chi connectivity index (χ1) is 10.2. The summed E-state index contributed by atoms with van der Waals surface area (Å²) in [4.78, 5) is 23.5. The Balaban J connectivity index is 2.32. The van der Waals surface area contributed by atoms with E-state index in [1.54, 1.807) is 24.3 Å². The third-order valence-electron chi connectivity index (χ3n) is 2.79. The topological polar surface area (TPSA) is 52.6 Å². The van der Waals surface area contributed by atoms with Gasteiger partial charge in [0.25, 0.3) is 0 Å². The van der Waals surface area contributed by atoms with Crippen molar-refractivity contribution < 1.29 is 19.1 Å². The Morgan fingerprint density at radius 2 is 1.71 bits per heavy atom. The van der Waals surface area contributed by atoms with E-state index in [9.17, 15) is 9.59 Å². The molecule has 1 aromatic rings. The molecule has 4 nitrogen and oxygen atoms in total. The smallest absolute Gasteiger partial charge is 0.338 e. The highest BCUT2D eigenvalue weighted by molar-refractivity contribution is 5.89. The van der Waals surface area contributed by atoms with E-state index in [2.05, 4.69) is 0 Å². The van der Waals surface area contributed by atoms with Crippen LogP contribution >= 0.6 is 0 Å². The molecule has 0 atom stereocenters. The van der Waals surface area contributed by atoms with Crippen LogP contribution in [-0.4, -0.2) is 25.2 Å². The Labute approximate surface area is 125 Å². The Bertz CT molecular complexity index is 477. The van der Waals surface area contributed by atoms with Crippen LogP contribution in [-0.2, 0) is 14.3 Å². The van der Waals surface area contributed by atoms with Gasteiger partial charge in [-0.25, -0.2) is 9.59 Å². The highest BCUT2D eigenvalue weighted by Crippen LogP contribution is 2.08. The lowest BCUT2D eigenvalue weighted by Gasteiger charge is -2.08. The largest absolute Gasteiger partial charge is 0.459 e. The third kappa shape index (κ3) is 6.25. The third-order valence-corrected chi connectivity index (χ3v) is 2.79. The number of allylic oxidation sites excluding steroid dienone is 1. The number of ether oxygens (including phenoxy) is 2. The number of carbonyl (C=O) groups excluding carboxylic acids is 2. The summed E-state index contributed by atoms with van der Waals surface area (Å²) in [6.45, 7) is 4.12. The van der Waals surface area contributed by atoms with Gasteiger partial charge in [0.15, 0.2) is 0 Å². The first kappa shape index (κ1) is 17.0. The molecule has 21 heavy (non-hydrogen) atoms. The molecule has 1 aromatic carbocycles. The van der Waals surface area contributed by atoms with E-state index < -0.39 is 5.97 Å². The molecule has 0 aliphatic rings. The molecule has 0 aliphatic heterocycles. The highest BCUT2D eigenvalue weighted by atomic mass is 16.6. The van der Waals surface area contributed by atoms with Crippen LogP contribution in [0.4, 0.5) is 0 Å². The molecule has 0 saturated heterocycles. The Morgan fingerprint density at radius 3 is 2.33 bits per heavy atom. The average Bonchev–Trinajstić information content (AvgIpc) is 2.51. The number of hydrogen-bond donors (Lipinski definition) is 0. The predicted molar refractivity (Wildman–Crippen MR) is 81.0 cm³/mol. The summed E-state index contributed by atoms with van der Waals surface area (Å²) in [6.07, 6.45) is 4.27. The van der Waals surface area contributed by atoms with Crippen LogP contribution in [0, 0.1) is 0 Å². The van der Waals surface area contributed by atoms with Crippen LogP contribution in [0.2, 0.25) is 0 Å². The second-order valence-electron chi connectivity index (χ2n) is 4.53. The van der Waals surface area contributed by atoms with Gasteiger partial charge in [0, 0.05) is 5.57 Å². The van der Waals surface area contributed by atoms with Gasteiger partial charge in [-0.1, -0.05) is 44.5 Å². The summed E-state index contributed by atoms with van der Waals surface area (Å²) in [7, 11) is 0. The minimum atomic E-state index is -0.412. The van der Waals surface area contributed by atoms with Crippen LogP contribution in [0.5, 0.6) is 0 Å². The van der Waals surface area contributed by atoms with Crippen LogP contribution < -0.4 is 0 Å². The van der Waals surface area contributed by atoms with Crippen LogP contribution in [0.1, 0.15) is 43.5 Å². The van der Waals surface area contributed by atoms with Gasteiger partial charge < -0.3 is 9.47 Å². The Hall–Kier alpha value is -2.10. The van der Waals surface area contributed by atoms with Gasteiger partial charge in [-0.15, -0.1) is 0 Å². The van der Waals surface area contributed by atoms with E-state index in [0.717, 1.165) is 12.8 Å². The van der Waals surface area contributed by atoms with Gasteiger partial charge in [0.1, 0.15) is 13.2 Å². The lowest BCUT2D eigenvalue weighted by atomic mass is 10.1. The van der Waals surface area contributed by atoms with Gasteiger partial charge in [-0.05, 0) is 25.0 Å². The molecule has 0 saturated carbocycles. The monoisotopic (exact) mass is 290 g/mol. The van der Waals surface area contributed by atoms with Gasteiger partial charge in [0.2, 0.25) is 0 Å². The van der Waals surface area contributed by atoms with Crippen LogP contribution in [0.3, 0.4) is 0 Å². The zero-order chi connectivity index (χ0) is 15.5. The minimum Gasteiger partial charge on any atom is -0.459 e. The molecule has 0 heterocycles. The minimum absolute atomic E-state index is 0.0605. The molecule has 4 heteroatoms. The van der Waals surface area contributed by atoms with E-state index in [1.807, 2.05) is 26.0 Å². The van der Waals surface area contributed by atoms with Crippen molar-refractivity contribution in [3.8, 4) is 0 Å². The van der Waals surface area contributed by atoms with Gasteiger partial charge in [-0.3, -0.25) is 0 Å². The van der Waals surface area contributed by atoms with E-state index in [-0.39, 0.29) is 19.2 Å². The Kier molecular flexibility index (Phi) is 7.87.